The predicted octanol–water partition coefficient (Wildman–Crippen LogP) is 4.86. The summed E-state index contributed by atoms with van der Waals surface area (Å²) in [5.74, 6) is 0. The molecule has 0 atom stereocenters. The summed E-state index contributed by atoms with van der Waals surface area (Å²) in [6.07, 6.45) is 4.95. The van der Waals surface area contributed by atoms with Crippen molar-refractivity contribution in [2.24, 2.45) is 0 Å². The van der Waals surface area contributed by atoms with Gasteiger partial charge in [-0.3, -0.25) is 0 Å². The molecule has 0 aromatic rings. The zero-order chi connectivity index (χ0) is 15.2. The molecule has 0 bridgehead atoms. The van der Waals surface area contributed by atoms with E-state index in [1.807, 2.05) is 0 Å². The van der Waals surface area contributed by atoms with Crippen LogP contribution in [0.3, 0.4) is 0 Å². The van der Waals surface area contributed by atoms with Crippen LogP contribution in [-0.2, 0) is 12.7 Å². The van der Waals surface area contributed by atoms with E-state index < -0.39 is 25.4 Å². The summed E-state index contributed by atoms with van der Waals surface area (Å²) < 4.78 is 18.6. The second-order valence-electron chi connectivity index (χ2n) is 7.13. The van der Waals surface area contributed by atoms with Crippen molar-refractivity contribution in [3.63, 3.8) is 0 Å². The van der Waals surface area contributed by atoms with E-state index >= 15 is 0 Å². The number of hydrogen-bond donors (Lipinski definition) is 0. The van der Waals surface area contributed by atoms with Crippen molar-refractivity contribution in [2.45, 2.75) is 77.9 Å². The van der Waals surface area contributed by atoms with Gasteiger partial charge in [-0.2, -0.15) is 0 Å². The number of hydrogen-bond acceptors (Lipinski definition) is 3. The molecule has 0 spiro atoms. The van der Waals surface area contributed by atoms with Gasteiger partial charge in [0.05, 0.1) is 0 Å². The smallest absolute Gasteiger partial charge is 0.416 e. The largest absolute Gasteiger partial charge is 0.479 e. The first-order chi connectivity index (χ1) is 8.54. The van der Waals surface area contributed by atoms with E-state index in [4.69, 9.17) is 12.7 Å². The van der Waals surface area contributed by atoms with Crippen LogP contribution in [-0.4, -0.2) is 32.5 Å². The molecule has 0 rings (SSSR count). The summed E-state index contributed by atoms with van der Waals surface area (Å²) in [5, 5.41) is 0. The van der Waals surface area contributed by atoms with Gasteiger partial charge in [-0.15, -0.1) is 0 Å². The summed E-state index contributed by atoms with van der Waals surface area (Å²) in [6.45, 7) is 15.5. The summed E-state index contributed by atoms with van der Waals surface area (Å²) in [5.41, 5.74) is 0. The van der Waals surface area contributed by atoms with E-state index in [-0.39, 0.29) is 0 Å². The highest BCUT2D eigenvalue weighted by atomic mass is 28.5. The first-order valence-corrected chi connectivity index (χ1v) is 16.2. The van der Waals surface area contributed by atoms with Crippen LogP contribution >= 0.6 is 0 Å². The molecule has 0 aliphatic carbocycles. The lowest BCUT2D eigenvalue weighted by atomic mass is 10.2. The standard InChI is InChI=1S/C13H34O3Si3/c1-9-10-11-12-13-19(14-2,15-17(3,4)5)16-18(6,7)8/h9-13H2,1-8H3. The van der Waals surface area contributed by atoms with Crippen molar-refractivity contribution < 1.29 is 12.7 Å². The zero-order valence-electron chi connectivity index (χ0n) is 14.3. The Hall–Kier alpha value is 0.531. The van der Waals surface area contributed by atoms with Gasteiger partial charge in [0.15, 0.2) is 16.6 Å². The molecule has 3 nitrogen and oxygen atoms in total. The first-order valence-electron chi connectivity index (χ1n) is 7.49. The Balaban J connectivity index is 4.75. The molecule has 0 amide bonds. The van der Waals surface area contributed by atoms with Gasteiger partial charge < -0.3 is 12.7 Å². The van der Waals surface area contributed by atoms with Crippen LogP contribution in [0, 0.1) is 0 Å². The fourth-order valence-corrected chi connectivity index (χ4v) is 12.4. The van der Waals surface area contributed by atoms with Crippen molar-refractivity contribution in [3.8, 4) is 0 Å². The van der Waals surface area contributed by atoms with Crippen LogP contribution in [0.1, 0.15) is 32.6 Å². The third-order valence-electron chi connectivity index (χ3n) is 2.57. The van der Waals surface area contributed by atoms with E-state index in [0.29, 0.717) is 0 Å². The molecule has 0 aliphatic heterocycles. The molecule has 0 saturated heterocycles. The molecule has 0 unspecified atom stereocenters. The highest BCUT2D eigenvalue weighted by Crippen LogP contribution is 2.27. The molecule has 0 aliphatic rings. The second-order valence-corrected chi connectivity index (χ2v) is 19.5. The zero-order valence-corrected chi connectivity index (χ0v) is 17.3. The Bertz CT molecular complexity index is 230. The van der Waals surface area contributed by atoms with Crippen LogP contribution in [0.5, 0.6) is 0 Å². The summed E-state index contributed by atoms with van der Waals surface area (Å²) in [6, 6.07) is 0.970. The Morgan fingerprint density at radius 2 is 1.21 bits per heavy atom. The molecular weight excluding hydrogens is 288 g/mol. The Kier molecular flexibility index (Phi) is 8.32. The average molecular weight is 323 g/mol. The van der Waals surface area contributed by atoms with Crippen LogP contribution < -0.4 is 0 Å². The molecule has 0 N–H and O–H groups in total. The van der Waals surface area contributed by atoms with Gasteiger partial charge in [-0.25, -0.2) is 0 Å². The van der Waals surface area contributed by atoms with Gasteiger partial charge in [0.2, 0.25) is 0 Å². The van der Waals surface area contributed by atoms with Crippen molar-refractivity contribution in [1.82, 2.24) is 0 Å². The van der Waals surface area contributed by atoms with E-state index in [1.54, 1.807) is 7.11 Å². The molecule has 19 heavy (non-hydrogen) atoms. The predicted molar refractivity (Wildman–Crippen MR) is 90.6 cm³/mol. The minimum atomic E-state index is -2.47. The highest BCUT2D eigenvalue weighted by molar-refractivity contribution is 6.85. The van der Waals surface area contributed by atoms with Crippen LogP contribution in [0.15, 0.2) is 0 Å². The molecule has 0 aromatic heterocycles. The average Bonchev–Trinajstić information content (AvgIpc) is 2.19. The molecule has 0 radical (unpaired) electrons. The lowest BCUT2D eigenvalue weighted by molar-refractivity contribution is 0.197. The SMILES string of the molecule is CCCCCC[Si](OC)(O[Si](C)(C)C)O[Si](C)(C)C. The monoisotopic (exact) mass is 322 g/mol. The van der Waals surface area contributed by atoms with Gasteiger partial charge in [0, 0.05) is 13.2 Å². The fraction of sp³-hybridized carbons (Fsp3) is 1.00. The lowest BCUT2D eigenvalue weighted by Crippen LogP contribution is -2.56. The minimum Gasteiger partial charge on any atom is -0.416 e. The van der Waals surface area contributed by atoms with Gasteiger partial charge >= 0.3 is 8.80 Å². The third-order valence-corrected chi connectivity index (χ3v) is 11.5. The molecule has 0 heterocycles. The Labute approximate surface area is 123 Å². The molecule has 0 saturated carbocycles. The van der Waals surface area contributed by atoms with Crippen molar-refractivity contribution in [2.75, 3.05) is 7.11 Å². The van der Waals surface area contributed by atoms with E-state index in [9.17, 15) is 0 Å². The van der Waals surface area contributed by atoms with Gasteiger partial charge in [0.25, 0.3) is 0 Å². The van der Waals surface area contributed by atoms with Crippen LogP contribution in [0.25, 0.3) is 0 Å². The Morgan fingerprint density at radius 1 is 0.737 bits per heavy atom. The highest BCUT2D eigenvalue weighted by Gasteiger charge is 2.46. The quantitative estimate of drug-likeness (QED) is 0.425. The third kappa shape index (κ3) is 9.98. The van der Waals surface area contributed by atoms with Gasteiger partial charge in [-0.05, 0) is 45.7 Å². The molecule has 0 aromatic carbocycles. The topological polar surface area (TPSA) is 27.7 Å². The van der Waals surface area contributed by atoms with Crippen molar-refractivity contribution in [1.29, 1.82) is 0 Å². The molecular formula is C13H34O3Si3. The second kappa shape index (κ2) is 8.09. The number of unbranched alkanes of at least 4 members (excludes halogenated alkanes) is 3. The molecule has 6 heteroatoms. The maximum Gasteiger partial charge on any atom is 0.479 e. The molecule has 0 fully saturated rings. The van der Waals surface area contributed by atoms with Gasteiger partial charge in [0.1, 0.15) is 0 Å². The van der Waals surface area contributed by atoms with E-state index in [2.05, 4.69) is 46.2 Å². The summed E-state index contributed by atoms with van der Waals surface area (Å²) >= 11 is 0. The van der Waals surface area contributed by atoms with Gasteiger partial charge in [-0.1, -0.05) is 26.2 Å². The van der Waals surface area contributed by atoms with E-state index in [1.165, 1.54) is 19.3 Å². The number of rotatable bonds is 10. The maximum atomic E-state index is 6.40. The summed E-state index contributed by atoms with van der Waals surface area (Å²) in [7, 11) is -3.99. The van der Waals surface area contributed by atoms with Crippen LogP contribution in [0.4, 0.5) is 0 Å². The normalized spacial score (nSPS) is 13.9. The fourth-order valence-electron chi connectivity index (χ4n) is 2.01. The first kappa shape index (κ1) is 19.5. The van der Waals surface area contributed by atoms with Crippen molar-refractivity contribution in [3.05, 3.63) is 0 Å². The molecule has 116 valence electrons. The van der Waals surface area contributed by atoms with E-state index in [0.717, 1.165) is 12.5 Å². The van der Waals surface area contributed by atoms with Crippen LogP contribution in [0.2, 0.25) is 45.3 Å². The summed E-state index contributed by atoms with van der Waals surface area (Å²) in [4.78, 5) is 0. The lowest BCUT2D eigenvalue weighted by Gasteiger charge is -2.38. The maximum absolute atomic E-state index is 6.40. The minimum absolute atomic E-state index is 0.970. The Morgan fingerprint density at radius 3 is 1.53 bits per heavy atom. The van der Waals surface area contributed by atoms with Crippen molar-refractivity contribution >= 4 is 25.4 Å².